The molecule has 2 aliphatic carbocycles. The first-order valence-corrected chi connectivity index (χ1v) is 7.26. The van der Waals surface area contributed by atoms with E-state index in [-0.39, 0.29) is 0 Å². The summed E-state index contributed by atoms with van der Waals surface area (Å²) in [4.78, 5) is 0. The highest BCUT2D eigenvalue weighted by Crippen LogP contribution is 2.44. The molecule has 2 nitrogen and oxygen atoms in total. The fraction of sp³-hybridized carbons (Fsp3) is 0.625. The molecule has 1 N–H and O–H groups in total. The number of hydrogen-bond donors (Lipinski definition) is 1. The smallest absolute Gasteiger partial charge is 0.119 e. The van der Waals surface area contributed by atoms with E-state index < -0.39 is 0 Å². The number of ether oxygens (including phenoxy) is 1. The molecule has 0 radical (unpaired) electrons. The van der Waals surface area contributed by atoms with E-state index >= 15 is 0 Å². The average Bonchev–Trinajstić information content (AvgIpc) is 3.25. The normalized spacial score (nSPS) is 19.2. The molecule has 18 heavy (non-hydrogen) atoms. The Bertz CT molecular complexity index is 367. The quantitative estimate of drug-likeness (QED) is 0.745. The van der Waals surface area contributed by atoms with E-state index in [1.165, 1.54) is 31.2 Å². The largest absolute Gasteiger partial charge is 0.492 e. The lowest BCUT2D eigenvalue weighted by molar-refractivity contribution is 0.293. The van der Waals surface area contributed by atoms with E-state index in [1.54, 1.807) is 0 Å². The molecule has 0 amide bonds. The molecule has 0 spiro atoms. The van der Waals surface area contributed by atoms with Crippen molar-refractivity contribution in [3.8, 4) is 5.75 Å². The van der Waals surface area contributed by atoms with Gasteiger partial charge in [-0.15, -0.1) is 0 Å². The third-order valence-corrected chi connectivity index (χ3v) is 4.03. The molecule has 0 atom stereocenters. The summed E-state index contributed by atoms with van der Waals surface area (Å²) in [5.74, 6) is 2.92. The Labute approximate surface area is 110 Å². The predicted octanol–water partition coefficient (Wildman–Crippen LogP) is 3.15. The second kappa shape index (κ2) is 5.31. The van der Waals surface area contributed by atoms with Crippen LogP contribution in [0.4, 0.5) is 0 Å². The fourth-order valence-electron chi connectivity index (χ4n) is 2.66. The molecule has 1 aromatic carbocycles. The van der Waals surface area contributed by atoms with E-state index in [0.717, 1.165) is 36.8 Å². The van der Waals surface area contributed by atoms with Gasteiger partial charge in [-0.25, -0.2) is 0 Å². The van der Waals surface area contributed by atoms with Gasteiger partial charge in [-0.2, -0.15) is 0 Å². The minimum absolute atomic E-state index is 0.777. The number of aryl methyl sites for hydroxylation is 1. The van der Waals surface area contributed by atoms with Crippen LogP contribution < -0.4 is 10.1 Å². The van der Waals surface area contributed by atoms with Crippen LogP contribution in [0.15, 0.2) is 24.3 Å². The summed E-state index contributed by atoms with van der Waals surface area (Å²) >= 11 is 0. The molecule has 0 aliphatic heterocycles. The topological polar surface area (TPSA) is 21.3 Å². The molecule has 0 aromatic heterocycles. The summed E-state index contributed by atoms with van der Waals surface area (Å²) in [6.07, 6.45) is 5.75. The molecule has 3 rings (SSSR count). The molecule has 0 heterocycles. The third-order valence-electron chi connectivity index (χ3n) is 4.03. The zero-order valence-electron chi connectivity index (χ0n) is 11.2. The Morgan fingerprint density at radius 1 is 1.11 bits per heavy atom. The Kier molecular flexibility index (Phi) is 3.55. The van der Waals surface area contributed by atoms with Gasteiger partial charge in [0.2, 0.25) is 0 Å². The Hall–Kier alpha value is -1.02. The molecule has 98 valence electrons. The lowest BCUT2D eigenvalue weighted by atomic mass is 10.1. The highest BCUT2D eigenvalue weighted by molar-refractivity contribution is 5.26. The maximum atomic E-state index is 5.75. The maximum absolute atomic E-state index is 5.75. The van der Waals surface area contributed by atoms with Crippen molar-refractivity contribution in [3.05, 3.63) is 29.8 Å². The minimum atomic E-state index is 0.777. The van der Waals surface area contributed by atoms with Gasteiger partial charge in [0, 0.05) is 12.6 Å². The van der Waals surface area contributed by atoms with Crippen molar-refractivity contribution in [2.75, 3.05) is 13.2 Å². The van der Waals surface area contributed by atoms with E-state index in [1.807, 2.05) is 0 Å². The van der Waals surface area contributed by atoms with Crippen LogP contribution in [0, 0.1) is 18.8 Å². The molecular formula is C16H23NO. The summed E-state index contributed by atoms with van der Waals surface area (Å²) in [6.45, 7) is 3.85. The second-order valence-corrected chi connectivity index (χ2v) is 5.82. The van der Waals surface area contributed by atoms with Crippen molar-refractivity contribution in [2.24, 2.45) is 11.8 Å². The van der Waals surface area contributed by atoms with Gasteiger partial charge in [-0.05, 0) is 56.6 Å². The lowest BCUT2D eigenvalue weighted by Crippen LogP contribution is -2.36. The molecular weight excluding hydrogens is 222 g/mol. The lowest BCUT2D eigenvalue weighted by Gasteiger charge is -2.17. The number of nitrogens with one attached hydrogen (secondary N) is 1. The molecule has 1 aromatic rings. The van der Waals surface area contributed by atoms with Crippen molar-refractivity contribution in [3.63, 3.8) is 0 Å². The average molecular weight is 245 g/mol. The first-order valence-electron chi connectivity index (χ1n) is 7.26. The van der Waals surface area contributed by atoms with Gasteiger partial charge in [-0.3, -0.25) is 0 Å². The monoisotopic (exact) mass is 245 g/mol. The third kappa shape index (κ3) is 3.26. The zero-order valence-corrected chi connectivity index (χ0v) is 11.2. The van der Waals surface area contributed by atoms with Gasteiger partial charge in [0.05, 0.1) is 0 Å². The fourth-order valence-corrected chi connectivity index (χ4v) is 2.66. The van der Waals surface area contributed by atoms with E-state index in [0.29, 0.717) is 0 Å². The van der Waals surface area contributed by atoms with Crippen LogP contribution in [-0.2, 0) is 0 Å². The number of rotatable bonds is 7. The standard InChI is InChI=1S/C16H23NO/c1-12-2-8-15(9-3-12)18-11-10-17-16(13-4-5-13)14-6-7-14/h2-3,8-9,13-14,16-17H,4-7,10-11H2,1H3. The Morgan fingerprint density at radius 2 is 1.72 bits per heavy atom. The van der Waals surface area contributed by atoms with Gasteiger partial charge < -0.3 is 10.1 Å². The highest BCUT2D eigenvalue weighted by atomic mass is 16.5. The van der Waals surface area contributed by atoms with Crippen LogP contribution in [0.3, 0.4) is 0 Å². The molecule has 2 fully saturated rings. The van der Waals surface area contributed by atoms with Gasteiger partial charge in [0.1, 0.15) is 12.4 Å². The zero-order chi connectivity index (χ0) is 12.4. The van der Waals surface area contributed by atoms with Crippen molar-refractivity contribution in [1.29, 1.82) is 0 Å². The summed E-state index contributed by atoms with van der Waals surface area (Å²) in [5, 5.41) is 3.70. The van der Waals surface area contributed by atoms with Gasteiger partial charge in [0.25, 0.3) is 0 Å². The second-order valence-electron chi connectivity index (χ2n) is 5.82. The van der Waals surface area contributed by atoms with Crippen LogP contribution >= 0.6 is 0 Å². The van der Waals surface area contributed by atoms with Crippen molar-refractivity contribution in [2.45, 2.75) is 38.6 Å². The molecule has 2 saturated carbocycles. The first-order chi connectivity index (χ1) is 8.83. The maximum Gasteiger partial charge on any atom is 0.119 e. The van der Waals surface area contributed by atoms with E-state index in [4.69, 9.17) is 4.74 Å². The van der Waals surface area contributed by atoms with Crippen molar-refractivity contribution >= 4 is 0 Å². The van der Waals surface area contributed by atoms with Crippen molar-refractivity contribution in [1.82, 2.24) is 5.32 Å². The predicted molar refractivity (Wildman–Crippen MR) is 73.9 cm³/mol. The SMILES string of the molecule is Cc1ccc(OCCNC(C2CC2)C2CC2)cc1. The molecule has 2 heteroatoms. The molecule has 0 unspecified atom stereocenters. The Balaban J connectivity index is 1.37. The summed E-state index contributed by atoms with van der Waals surface area (Å²) in [5.41, 5.74) is 1.28. The van der Waals surface area contributed by atoms with Gasteiger partial charge >= 0.3 is 0 Å². The first kappa shape index (κ1) is 12.0. The van der Waals surface area contributed by atoms with Gasteiger partial charge in [-0.1, -0.05) is 17.7 Å². The van der Waals surface area contributed by atoms with E-state index in [2.05, 4.69) is 36.5 Å². The minimum Gasteiger partial charge on any atom is -0.492 e. The summed E-state index contributed by atoms with van der Waals surface area (Å²) in [6, 6.07) is 9.08. The van der Waals surface area contributed by atoms with Crippen molar-refractivity contribution < 1.29 is 4.74 Å². The number of hydrogen-bond acceptors (Lipinski definition) is 2. The molecule has 0 saturated heterocycles. The van der Waals surface area contributed by atoms with Crippen LogP contribution in [-0.4, -0.2) is 19.2 Å². The summed E-state index contributed by atoms with van der Waals surface area (Å²) in [7, 11) is 0. The number of benzene rings is 1. The van der Waals surface area contributed by atoms with Crippen LogP contribution in [0.2, 0.25) is 0 Å². The van der Waals surface area contributed by atoms with Gasteiger partial charge in [0.15, 0.2) is 0 Å². The highest BCUT2D eigenvalue weighted by Gasteiger charge is 2.40. The summed E-state index contributed by atoms with van der Waals surface area (Å²) < 4.78 is 5.75. The molecule has 2 aliphatic rings. The van der Waals surface area contributed by atoms with Crippen LogP contribution in [0.1, 0.15) is 31.2 Å². The van der Waals surface area contributed by atoms with Crippen LogP contribution in [0.25, 0.3) is 0 Å². The van der Waals surface area contributed by atoms with Crippen LogP contribution in [0.5, 0.6) is 5.75 Å². The molecule has 0 bridgehead atoms. The van der Waals surface area contributed by atoms with E-state index in [9.17, 15) is 0 Å². The Morgan fingerprint density at radius 3 is 2.28 bits per heavy atom.